The summed E-state index contributed by atoms with van der Waals surface area (Å²) >= 11 is 0. The lowest BCUT2D eigenvalue weighted by atomic mass is 9.79. The highest BCUT2D eigenvalue weighted by molar-refractivity contribution is 5.48. The van der Waals surface area contributed by atoms with Crippen molar-refractivity contribution in [2.24, 2.45) is 0 Å². The predicted molar refractivity (Wildman–Crippen MR) is 84.2 cm³/mol. The van der Waals surface area contributed by atoms with Crippen molar-refractivity contribution in [3.05, 3.63) is 24.0 Å². The topological polar surface area (TPSA) is 28.2 Å². The lowest BCUT2D eigenvalue weighted by Crippen LogP contribution is -2.65. The van der Waals surface area contributed by atoms with Crippen molar-refractivity contribution < 1.29 is 0 Å². The van der Waals surface area contributed by atoms with Crippen LogP contribution in [0.15, 0.2) is 18.5 Å². The molecule has 2 aliphatic rings. The van der Waals surface area contributed by atoms with Crippen LogP contribution >= 0.6 is 0 Å². The van der Waals surface area contributed by atoms with Gasteiger partial charge in [0.15, 0.2) is 0 Å². The lowest BCUT2D eigenvalue weighted by molar-refractivity contribution is 0.196. The Kier molecular flexibility index (Phi) is 3.97. The zero-order chi connectivity index (χ0) is 14.0. The van der Waals surface area contributed by atoms with Crippen LogP contribution < -0.4 is 10.2 Å². The van der Waals surface area contributed by atoms with Gasteiger partial charge in [0, 0.05) is 30.9 Å². The van der Waals surface area contributed by atoms with Crippen LogP contribution in [0.1, 0.15) is 51.0 Å². The van der Waals surface area contributed by atoms with E-state index in [0.717, 1.165) is 13.1 Å². The molecule has 0 bridgehead atoms. The van der Waals surface area contributed by atoms with E-state index in [1.54, 1.807) is 0 Å². The maximum atomic E-state index is 4.40. The quantitative estimate of drug-likeness (QED) is 0.896. The van der Waals surface area contributed by atoms with Gasteiger partial charge in [-0.25, -0.2) is 0 Å². The molecule has 0 amide bonds. The molecule has 3 nitrogen and oxygen atoms in total. The Bertz CT molecular complexity index is 451. The molecule has 2 heterocycles. The highest BCUT2D eigenvalue weighted by Crippen LogP contribution is 2.34. The number of hydrogen-bond donors (Lipinski definition) is 1. The number of hydrogen-bond acceptors (Lipinski definition) is 3. The molecule has 3 rings (SSSR count). The maximum Gasteiger partial charge on any atom is 0.0559 e. The zero-order valence-electron chi connectivity index (χ0n) is 12.9. The number of pyridine rings is 1. The Morgan fingerprint density at radius 2 is 2.10 bits per heavy atom. The van der Waals surface area contributed by atoms with Gasteiger partial charge in [-0.15, -0.1) is 0 Å². The monoisotopic (exact) mass is 273 g/mol. The van der Waals surface area contributed by atoms with Crippen molar-refractivity contribution in [1.82, 2.24) is 10.3 Å². The molecule has 1 saturated heterocycles. The van der Waals surface area contributed by atoms with Crippen LogP contribution in [0, 0.1) is 6.92 Å². The minimum absolute atomic E-state index is 0.355. The third-order valence-electron chi connectivity index (χ3n) is 5.10. The average Bonchev–Trinajstić information content (AvgIpc) is 2.48. The minimum atomic E-state index is 0.355. The highest BCUT2D eigenvalue weighted by atomic mass is 15.3. The first-order valence-corrected chi connectivity index (χ1v) is 8.16. The molecule has 3 heteroatoms. The summed E-state index contributed by atoms with van der Waals surface area (Å²) in [5.74, 6) is 0. The van der Waals surface area contributed by atoms with Gasteiger partial charge < -0.3 is 10.2 Å². The third kappa shape index (κ3) is 2.69. The van der Waals surface area contributed by atoms with Crippen LogP contribution in [0.25, 0.3) is 0 Å². The molecule has 2 fully saturated rings. The first-order valence-electron chi connectivity index (χ1n) is 8.16. The number of rotatable bonds is 2. The van der Waals surface area contributed by atoms with Crippen molar-refractivity contribution in [3.63, 3.8) is 0 Å². The molecule has 1 aromatic heterocycles. The number of aryl methyl sites for hydroxylation is 1. The first-order chi connectivity index (χ1) is 9.72. The van der Waals surface area contributed by atoms with E-state index in [1.807, 2.05) is 12.4 Å². The van der Waals surface area contributed by atoms with E-state index in [9.17, 15) is 0 Å². The van der Waals surface area contributed by atoms with E-state index in [0.29, 0.717) is 11.6 Å². The summed E-state index contributed by atoms with van der Waals surface area (Å²) in [7, 11) is 0. The van der Waals surface area contributed by atoms with Crippen LogP contribution in [-0.2, 0) is 0 Å². The number of piperazine rings is 1. The van der Waals surface area contributed by atoms with Gasteiger partial charge in [0.25, 0.3) is 0 Å². The summed E-state index contributed by atoms with van der Waals surface area (Å²) in [5, 5.41) is 3.89. The summed E-state index contributed by atoms with van der Waals surface area (Å²) in [6, 6.07) is 2.89. The van der Waals surface area contributed by atoms with Crippen molar-refractivity contribution >= 4 is 5.69 Å². The summed E-state index contributed by atoms with van der Waals surface area (Å²) < 4.78 is 0. The van der Waals surface area contributed by atoms with Crippen molar-refractivity contribution in [2.45, 2.75) is 64.0 Å². The summed E-state index contributed by atoms with van der Waals surface area (Å²) in [5.41, 5.74) is 2.92. The molecule has 110 valence electrons. The molecule has 0 radical (unpaired) electrons. The molecule has 20 heavy (non-hydrogen) atoms. The number of anilines is 1. The van der Waals surface area contributed by atoms with Crippen LogP contribution in [0.5, 0.6) is 0 Å². The van der Waals surface area contributed by atoms with Crippen molar-refractivity contribution in [2.75, 3.05) is 18.0 Å². The van der Waals surface area contributed by atoms with Crippen LogP contribution in [-0.4, -0.2) is 29.7 Å². The van der Waals surface area contributed by atoms with Crippen LogP contribution in [0.4, 0.5) is 5.69 Å². The molecule has 1 aliphatic carbocycles. The SMILES string of the molecule is CCC1CNC2(CCCCC2)CN1c1cncc(C)c1. The van der Waals surface area contributed by atoms with Gasteiger partial charge in [-0.1, -0.05) is 26.2 Å². The van der Waals surface area contributed by atoms with Gasteiger partial charge in [-0.2, -0.15) is 0 Å². The summed E-state index contributed by atoms with van der Waals surface area (Å²) in [4.78, 5) is 7.01. The number of nitrogens with one attached hydrogen (secondary N) is 1. The highest BCUT2D eigenvalue weighted by Gasteiger charge is 2.39. The van der Waals surface area contributed by atoms with E-state index in [4.69, 9.17) is 0 Å². The third-order valence-corrected chi connectivity index (χ3v) is 5.10. The molecular formula is C17H27N3. The van der Waals surface area contributed by atoms with E-state index in [1.165, 1.54) is 49.8 Å². The molecule has 1 saturated carbocycles. The molecule has 1 spiro atoms. The van der Waals surface area contributed by atoms with Gasteiger partial charge >= 0.3 is 0 Å². The van der Waals surface area contributed by atoms with E-state index >= 15 is 0 Å². The molecule has 1 aromatic rings. The van der Waals surface area contributed by atoms with Crippen LogP contribution in [0.3, 0.4) is 0 Å². The standard InChI is InChI=1S/C17H27N3/c1-3-15-12-19-17(7-5-4-6-8-17)13-20(15)16-9-14(2)10-18-11-16/h9-11,15,19H,3-8,12-13H2,1-2H3. The molecule has 0 aromatic carbocycles. The molecule has 1 unspecified atom stereocenters. The second-order valence-corrected chi connectivity index (χ2v) is 6.63. The summed E-state index contributed by atoms with van der Waals surface area (Å²) in [6.07, 6.45) is 12.0. The minimum Gasteiger partial charge on any atom is -0.364 e. The summed E-state index contributed by atoms with van der Waals surface area (Å²) in [6.45, 7) is 6.69. The first kappa shape index (κ1) is 13.9. The Labute approximate surface area is 122 Å². The molecule has 1 atom stereocenters. The lowest BCUT2D eigenvalue weighted by Gasteiger charge is -2.50. The predicted octanol–water partition coefficient (Wildman–Crippen LogP) is 3.28. The van der Waals surface area contributed by atoms with Gasteiger partial charge in [0.2, 0.25) is 0 Å². The zero-order valence-corrected chi connectivity index (χ0v) is 12.9. The fourth-order valence-corrected chi connectivity index (χ4v) is 3.88. The molecule has 1 N–H and O–H groups in total. The Morgan fingerprint density at radius 1 is 1.30 bits per heavy atom. The Hall–Kier alpha value is -1.09. The average molecular weight is 273 g/mol. The van der Waals surface area contributed by atoms with E-state index < -0.39 is 0 Å². The smallest absolute Gasteiger partial charge is 0.0559 e. The maximum absolute atomic E-state index is 4.40. The van der Waals surface area contributed by atoms with Gasteiger partial charge in [-0.05, 0) is 37.8 Å². The fourth-order valence-electron chi connectivity index (χ4n) is 3.88. The largest absolute Gasteiger partial charge is 0.364 e. The van der Waals surface area contributed by atoms with Crippen molar-refractivity contribution in [3.8, 4) is 0 Å². The Morgan fingerprint density at radius 3 is 2.80 bits per heavy atom. The van der Waals surface area contributed by atoms with E-state index in [2.05, 4.69) is 35.1 Å². The van der Waals surface area contributed by atoms with Gasteiger partial charge in [0.1, 0.15) is 0 Å². The van der Waals surface area contributed by atoms with E-state index in [-0.39, 0.29) is 0 Å². The Balaban J connectivity index is 1.85. The second-order valence-electron chi connectivity index (χ2n) is 6.63. The fraction of sp³-hybridized carbons (Fsp3) is 0.706. The molecule has 1 aliphatic heterocycles. The number of nitrogens with zero attached hydrogens (tertiary/aromatic N) is 2. The second kappa shape index (κ2) is 5.72. The van der Waals surface area contributed by atoms with Gasteiger partial charge in [0.05, 0.1) is 11.9 Å². The number of aromatic nitrogens is 1. The van der Waals surface area contributed by atoms with Crippen LogP contribution in [0.2, 0.25) is 0 Å². The molecular weight excluding hydrogens is 246 g/mol. The van der Waals surface area contributed by atoms with Crippen molar-refractivity contribution in [1.29, 1.82) is 0 Å². The van der Waals surface area contributed by atoms with Gasteiger partial charge in [-0.3, -0.25) is 4.98 Å². The normalized spacial score (nSPS) is 25.9.